The Kier molecular flexibility index (Phi) is 4.37. The molecule has 0 saturated carbocycles. The molecule has 4 nitrogen and oxygen atoms in total. The lowest BCUT2D eigenvalue weighted by atomic mass is 10.2. The van der Waals surface area contributed by atoms with Crippen molar-refractivity contribution in [2.45, 2.75) is 21.6 Å². The van der Waals surface area contributed by atoms with Gasteiger partial charge in [0.15, 0.2) is 0 Å². The van der Waals surface area contributed by atoms with E-state index < -0.39 is 10.0 Å². The fraction of sp³-hybridized carbons (Fsp3) is 0.143. The molecule has 0 spiro atoms. The lowest BCUT2D eigenvalue weighted by molar-refractivity contribution is 0.586. The van der Waals surface area contributed by atoms with Crippen LogP contribution in [0.25, 0.3) is 0 Å². The minimum Gasteiger partial charge on any atom is -0.399 e. The van der Waals surface area contributed by atoms with E-state index in [9.17, 15) is 8.42 Å². The van der Waals surface area contributed by atoms with Gasteiger partial charge >= 0.3 is 0 Å². The van der Waals surface area contributed by atoms with Crippen molar-refractivity contribution in [2.24, 2.45) is 0 Å². The van der Waals surface area contributed by atoms with Gasteiger partial charge in [-0.3, -0.25) is 0 Å². The van der Waals surface area contributed by atoms with Crippen LogP contribution in [0.1, 0.15) is 5.56 Å². The molecule has 0 amide bonds. The third-order valence-electron chi connectivity index (χ3n) is 2.74. The van der Waals surface area contributed by atoms with Crippen LogP contribution in [0.2, 0.25) is 0 Å². The molecule has 2 aromatic rings. The van der Waals surface area contributed by atoms with E-state index in [0.29, 0.717) is 10.6 Å². The average Bonchev–Trinajstić information content (AvgIpc) is 2.41. The molecule has 0 saturated heterocycles. The summed E-state index contributed by atoms with van der Waals surface area (Å²) in [6.07, 6.45) is 0. The maximum atomic E-state index is 12.1. The summed E-state index contributed by atoms with van der Waals surface area (Å²) in [6.45, 7) is 2.00. The van der Waals surface area contributed by atoms with E-state index in [1.807, 2.05) is 31.2 Å². The fourth-order valence-corrected chi connectivity index (χ4v) is 3.97. The molecule has 6 heteroatoms. The second kappa shape index (κ2) is 5.87. The number of aryl methyl sites for hydroxylation is 1. The van der Waals surface area contributed by atoms with E-state index in [-0.39, 0.29) is 4.90 Å². The zero-order valence-electron chi connectivity index (χ0n) is 11.3. The quantitative estimate of drug-likeness (QED) is 0.852. The lowest BCUT2D eigenvalue weighted by Gasteiger charge is -2.10. The summed E-state index contributed by atoms with van der Waals surface area (Å²) in [4.78, 5) is 1.84. The van der Waals surface area contributed by atoms with Gasteiger partial charge in [0.1, 0.15) is 0 Å². The molecular weight excluding hydrogens is 292 g/mol. The third kappa shape index (κ3) is 3.33. The second-order valence-corrected chi connectivity index (χ2v) is 7.30. The topological polar surface area (TPSA) is 72.2 Å². The van der Waals surface area contributed by atoms with E-state index in [4.69, 9.17) is 5.73 Å². The van der Waals surface area contributed by atoms with Crippen molar-refractivity contribution >= 4 is 27.5 Å². The molecule has 0 bridgehead atoms. The van der Waals surface area contributed by atoms with Crippen LogP contribution in [0.5, 0.6) is 0 Å². The van der Waals surface area contributed by atoms with Gasteiger partial charge in [0, 0.05) is 15.5 Å². The Balaban J connectivity index is 2.47. The normalized spacial score (nSPS) is 11.5. The first-order valence-electron chi connectivity index (χ1n) is 6.00. The summed E-state index contributed by atoms with van der Waals surface area (Å²) in [5, 5.41) is 0. The monoisotopic (exact) mass is 308 g/mol. The molecule has 0 atom stereocenters. The smallest absolute Gasteiger partial charge is 0.241 e. The average molecular weight is 308 g/mol. The standard InChI is InChI=1S/C14H16N2O2S2/c1-10-4-3-5-12(8-10)19-13-7-6-11(15)9-14(13)20(17,18)16-2/h3-9,16H,15H2,1-2H3. The zero-order valence-corrected chi connectivity index (χ0v) is 12.9. The Hall–Kier alpha value is -1.50. The fourth-order valence-electron chi connectivity index (χ4n) is 1.73. The first-order valence-corrected chi connectivity index (χ1v) is 8.30. The molecule has 3 N–H and O–H groups in total. The van der Waals surface area contributed by atoms with Crippen LogP contribution < -0.4 is 10.5 Å². The molecule has 2 aromatic carbocycles. The summed E-state index contributed by atoms with van der Waals surface area (Å²) in [5.41, 5.74) is 7.25. The minimum atomic E-state index is -3.53. The van der Waals surface area contributed by atoms with E-state index in [1.54, 1.807) is 12.1 Å². The highest BCUT2D eigenvalue weighted by Crippen LogP contribution is 2.34. The third-order valence-corrected chi connectivity index (χ3v) is 5.39. The Morgan fingerprint density at radius 3 is 2.55 bits per heavy atom. The molecule has 106 valence electrons. The number of hydrogen-bond acceptors (Lipinski definition) is 4. The predicted molar refractivity (Wildman–Crippen MR) is 82.4 cm³/mol. The van der Waals surface area contributed by atoms with Crippen LogP contribution in [0.3, 0.4) is 0 Å². The Morgan fingerprint density at radius 1 is 1.15 bits per heavy atom. The lowest BCUT2D eigenvalue weighted by Crippen LogP contribution is -2.19. The Labute approximate surface area is 123 Å². The summed E-state index contributed by atoms with van der Waals surface area (Å²) in [6, 6.07) is 12.8. The number of nitrogen functional groups attached to an aromatic ring is 1. The summed E-state index contributed by atoms with van der Waals surface area (Å²) < 4.78 is 26.4. The largest absolute Gasteiger partial charge is 0.399 e. The van der Waals surface area contributed by atoms with E-state index in [0.717, 1.165) is 10.5 Å². The zero-order chi connectivity index (χ0) is 14.8. The predicted octanol–water partition coefficient (Wildman–Crippen LogP) is 2.64. The van der Waals surface area contributed by atoms with Gasteiger partial charge in [0.25, 0.3) is 0 Å². The molecule has 0 aliphatic heterocycles. The maximum absolute atomic E-state index is 12.1. The van der Waals surface area contributed by atoms with Gasteiger partial charge < -0.3 is 5.73 Å². The van der Waals surface area contributed by atoms with Crippen molar-refractivity contribution in [2.75, 3.05) is 12.8 Å². The highest BCUT2D eigenvalue weighted by molar-refractivity contribution is 8.00. The van der Waals surface area contributed by atoms with Crippen molar-refractivity contribution in [1.29, 1.82) is 0 Å². The first kappa shape index (κ1) is 14.9. The van der Waals surface area contributed by atoms with Crippen molar-refractivity contribution in [3.63, 3.8) is 0 Å². The highest BCUT2D eigenvalue weighted by Gasteiger charge is 2.17. The number of benzene rings is 2. The molecule has 0 radical (unpaired) electrons. The van der Waals surface area contributed by atoms with Crippen molar-refractivity contribution in [3.05, 3.63) is 48.0 Å². The van der Waals surface area contributed by atoms with Gasteiger partial charge in [0.2, 0.25) is 10.0 Å². The number of rotatable bonds is 4. The van der Waals surface area contributed by atoms with Crippen LogP contribution in [0.15, 0.2) is 57.2 Å². The number of nitrogens with two attached hydrogens (primary N) is 1. The minimum absolute atomic E-state index is 0.200. The van der Waals surface area contributed by atoms with Crippen molar-refractivity contribution in [1.82, 2.24) is 4.72 Å². The van der Waals surface area contributed by atoms with E-state index >= 15 is 0 Å². The summed E-state index contributed by atoms with van der Waals surface area (Å²) in [5.74, 6) is 0. The number of anilines is 1. The van der Waals surface area contributed by atoms with Gasteiger partial charge in [-0.05, 0) is 44.3 Å². The van der Waals surface area contributed by atoms with Gasteiger partial charge in [-0.1, -0.05) is 29.5 Å². The van der Waals surface area contributed by atoms with Gasteiger partial charge in [-0.15, -0.1) is 0 Å². The summed E-state index contributed by atoms with van der Waals surface area (Å²) >= 11 is 1.40. The van der Waals surface area contributed by atoms with E-state index in [2.05, 4.69) is 4.72 Å². The molecule has 20 heavy (non-hydrogen) atoms. The maximum Gasteiger partial charge on any atom is 0.241 e. The first-order chi connectivity index (χ1) is 9.42. The molecule has 0 heterocycles. The molecule has 0 aliphatic carbocycles. The molecule has 2 rings (SSSR count). The van der Waals surface area contributed by atoms with Crippen LogP contribution in [0.4, 0.5) is 5.69 Å². The second-order valence-electron chi connectivity index (χ2n) is 4.33. The SMILES string of the molecule is CNS(=O)(=O)c1cc(N)ccc1Sc1cccc(C)c1. The Morgan fingerprint density at radius 2 is 1.90 bits per heavy atom. The summed E-state index contributed by atoms with van der Waals surface area (Å²) in [7, 11) is -2.14. The van der Waals surface area contributed by atoms with Gasteiger partial charge in [0.05, 0.1) is 4.90 Å². The van der Waals surface area contributed by atoms with Crippen molar-refractivity contribution in [3.8, 4) is 0 Å². The van der Waals surface area contributed by atoms with Crippen LogP contribution in [-0.2, 0) is 10.0 Å². The molecule has 0 fully saturated rings. The molecule has 0 aromatic heterocycles. The molecule has 0 aliphatic rings. The number of hydrogen-bond donors (Lipinski definition) is 2. The van der Waals surface area contributed by atoms with Crippen LogP contribution >= 0.6 is 11.8 Å². The number of sulfonamides is 1. The van der Waals surface area contributed by atoms with Crippen molar-refractivity contribution < 1.29 is 8.42 Å². The van der Waals surface area contributed by atoms with Gasteiger partial charge in [-0.25, -0.2) is 13.1 Å². The molecule has 0 unspecified atom stereocenters. The van der Waals surface area contributed by atoms with Gasteiger partial charge in [-0.2, -0.15) is 0 Å². The molecular formula is C14H16N2O2S2. The number of nitrogens with one attached hydrogen (secondary N) is 1. The van der Waals surface area contributed by atoms with Crippen LogP contribution in [-0.4, -0.2) is 15.5 Å². The van der Waals surface area contributed by atoms with Crippen LogP contribution in [0, 0.1) is 6.92 Å². The van der Waals surface area contributed by atoms with E-state index in [1.165, 1.54) is 24.9 Å². The highest BCUT2D eigenvalue weighted by atomic mass is 32.2. The Bertz CT molecular complexity index is 728.